The minimum atomic E-state index is -3.91. The van der Waals surface area contributed by atoms with Crippen molar-refractivity contribution in [2.45, 2.75) is 11.8 Å². The summed E-state index contributed by atoms with van der Waals surface area (Å²) in [6.45, 7) is 1.81. The molecule has 27 heavy (non-hydrogen) atoms. The number of anilines is 1. The first-order chi connectivity index (χ1) is 12.8. The van der Waals surface area contributed by atoms with Gasteiger partial charge in [0.25, 0.3) is 10.0 Å². The van der Waals surface area contributed by atoms with Crippen LogP contribution in [0, 0.1) is 6.92 Å². The zero-order chi connectivity index (χ0) is 19.6. The number of carbonyl (C=O) groups excluding carboxylic acids is 1. The summed E-state index contributed by atoms with van der Waals surface area (Å²) in [5, 5.41) is 0. The van der Waals surface area contributed by atoms with Crippen molar-refractivity contribution in [1.29, 1.82) is 0 Å². The number of oxazole rings is 1. The first kappa shape index (κ1) is 19.0. The van der Waals surface area contributed by atoms with Crippen LogP contribution < -0.4 is 10.5 Å². The van der Waals surface area contributed by atoms with E-state index in [1.54, 1.807) is 24.3 Å². The number of aryl methyl sites for hydroxylation is 1. The molecule has 0 aliphatic heterocycles. The largest absolute Gasteiger partial charge is 0.448 e. The Morgan fingerprint density at radius 3 is 2.59 bits per heavy atom. The number of carbonyl (C=O) groups is 1. The van der Waals surface area contributed by atoms with Crippen LogP contribution >= 0.6 is 11.6 Å². The molecule has 1 aromatic heterocycles. The van der Waals surface area contributed by atoms with E-state index in [0.717, 1.165) is 5.56 Å². The summed E-state index contributed by atoms with van der Waals surface area (Å²) < 4.78 is 38.0. The highest BCUT2D eigenvalue weighted by molar-refractivity contribution is 7.92. The topological polar surface area (TPSA) is 108 Å². The number of nitrogens with one attached hydrogen (secondary N) is 1. The monoisotopic (exact) mass is 410 g/mol. The van der Waals surface area contributed by atoms with Crippen molar-refractivity contribution in [2.75, 3.05) is 17.2 Å². The Hall–Kier alpha value is -2.78. The molecule has 142 valence electrons. The average Bonchev–Trinajstić information content (AvgIpc) is 2.96. The fourth-order valence-corrected chi connectivity index (χ4v) is 3.52. The summed E-state index contributed by atoms with van der Waals surface area (Å²) in [6, 6.07) is 10.5. The van der Waals surface area contributed by atoms with Gasteiger partial charge in [-0.15, -0.1) is 11.6 Å². The normalized spacial score (nSPS) is 11.5. The van der Waals surface area contributed by atoms with Crippen LogP contribution in [0.1, 0.15) is 5.56 Å². The van der Waals surface area contributed by atoms with Crippen molar-refractivity contribution >= 4 is 44.5 Å². The fourth-order valence-electron chi connectivity index (χ4n) is 2.37. The Kier molecular flexibility index (Phi) is 5.24. The molecule has 0 saturated heterocycles. The molecule has 1 heterocycles. The van der Waals surface area contributed by atoms with Crippen LogP contribution in [-0.4, -0.2) is 31.6 Å². The summed E-state index contributed by atoms with van der Waals surface area (Å²) in [5.41, 5.74) is 1.41. The molecule has 3 aromatic rings. The number of halogens is 1. The lowest BCUT2D eigenvalue weighted by atomic mass is 10.2. The molecule has 0 spiro atoms. The van der Waals surface area contributed by atoms with E-state index in [9.17, 15) is 18.0 Å². The van der Waals surface area contributed by atoms with Crippen molar-refractivity contribution in [3.63, 3.8) is 0 Å². The number of ether oxygens (including phenoxy) is 1. The Balaban J connectivity index is 1.96. The number of hydrogen-bond acceptors (Lipinski definition) is 6. The van der Waals surface area contributed by atoms with Gasteiger partial charge >= 0.3 is 11.8 Å². The second-order valence-corrected chi connectivity index (χ2v) is 7.67. The SMILES string of the molecule is Cc1ccc(NS(=O)(=O)c2ccc3c(c2)oc(=O)n3C(=O)OCCCl)cc1. The molecule has 0 bridgehead atoms. The van der Waals surface area contributed by atoms with Gasteiger partial charge < -0.3 is 9.15 Å². The van der Waals surface area contributed by atoms with E-state index in [2.05, 4.69) is 4.72 Å². The van der Waals surface area contributed by atoms with Crippen LogP contribution in [0.2, 0.25) is 0 Å². The first-order valence-corrected chi connectivity index (χ1v) is 9.82. The van der Waals surface area contributed by atoms with Gasteiger partial charge in [0.1, 0.15) is 12.1 Å². The van der Waals surface area contributed by atoms with Gasteiger partial charge in [-0.25, -0.2) is 18.0 Å². The number of nitrogens with zero attached hydrogens (tertiary/aromatic N) is 1. The number of aromatic nitrogens is 1. The predicted molar refractivity (Wildman–Crippen MR) is 99.9 cm³/mol. The smallest absolute Gasteiger partial charge is 0.429 e. The summed E-state index contributed by atoms with van der Waals surface area (Å²) in [4.78, 5) is 23.7. The molecular formula is C17H15ClN2O6S. The van der Waals surface area contributed by atoms with Gasteiger partial charge in [0, 0.05) is 11.8 Å². The van der Waals surface area contributed by atoms with E-state index in [0.29, 0.717) is 10.3 Å². The molecule has 8 nitrogen and oxygen atoms in total. The molecular weight excluding hydrogens is 396 g/mol. The number of benzene rings is 2. The summed E-state index contributed by atoms with van der Waals surface area (Å²) >= 11 is 5.45. The maximum atomic E-state index is 12.6. The molecule has 2 aromatic carbocycles. The van der Waals surface area contributed by atoms with Crippen LogP contribution in [0.3, 0.4) is 0 Å². The van der Waals surface area contributed by atoms with Crippen molar-refractivity contribution in [3.05, 3.63) is 58.6 Å². The highest BCUT2D eigenvalue weighted by Crippen LogP contribution is 2.21. The zero-order valence-corrected chi connectivity index (χ0v) is 15.7. The van der Waals surface area contributed by atoms with Crippen LogP contribution in [0.4, 0.5) is 10.5 Å². The van der Waals surface area contributed by atoms with Crippen LogP contribution in [0.25, 0.3) is 11.1 Å². The van der Waals surface area contributed by atoms with Gasteiger partial charge in [-0.1, -0.05) is 17.7 Å². The molecule has 0 radical (unpaired) electrons. The maximum Gasteiger partial charge on any atom is 0.429 e. The lowest BCUT2D eigenvalue weighted by Gasteiger charge is -2.08. The van der Waals surface area contributed by atoms with Gasteiger partial charge in [-0.3, -0.25) is 4.72 Å². The van der Waals surface area contributed by atoms with Crippen LogP contribution in [-0.2, 0) is 14.8 Å². The van der Waals surface area contributed by atoms with Crippen LogP contribution in [0.5, 0.6) is 0 Å². The fraction of sp³-hybridized carbons (Fsp3) is 0.176. The standard InChI is InChI=1S/C17H15ClN2O6S/c1-11-2-4-12(5-3-11)19-27(23,24)13-6-7-14-15(10-13)26-17(22)20(14)16(21)25-9-8-18/h2-7,10,19H,8-9H2,1H3. The van der Waals surface area contributed by atoms with Gasteiger partial charge in [0.2, 0.25) is 0 Å². The second-order valence-electron chi connectivity index (χ2n) is 5.61. The van der Waals surface area contributed by atoms with E-state index < -0.39 is 21.9 Å². The number of fused-ring (bicyclic) bond motifs is 1. The quantitative estimate of drug-likeness (QED) is 0.648. The minimum absolute atomic E-state index is 0.0606. The first-order valence-electron chi connectivity index (χ1n) is 7.80. The zero-order valence-electron chi connectivity index (χ0n) is 14.1. The third-order valence-corrected chi connectivity index (χ3v) is 5.18. The maximum absolute atomic E-state index is 12.6. The molecule has 10 heteroatoms. The Morgan fingerprint density at radius 2 is 1.93 bits per heavy atom. The molecule has 0 aliphatic rings. The molecule has 0 amide bonds. The molecule has 3 rings (SSSR count). The van der Waals surface area contributed by atoms with Crippen molar-refractivity contribution < 1.29 is 22.4 Å². The molecule has 1 N–H and O–H groups in total. The summed E-state index contributed by atoms with van der Waals surface area (Å²) in [5.74, 6) is -0.908. The highest BCUT2D eigenvalue weighted by atomic mass is 35.5. The van der Waals surface area contributed by atoms with E-state index >= 15 is 0 Å². The van der Waals surface area contributed by atoms with E-state index in [1.807, 2.05) is 6.92 Å². The Labute approximate surface area is 159 Å². The Morgan fingerprint density at radius 1 is 1.22 bits per heavy atom. The predicted octanol–water partition coefficient (Wildman–Crippen LogP) is 2.93. The van der Waals surface area contributed by atoms with Gasteiger partial charge in [-0.2, -0.15) is 4.57 Å². The van der Waals surface area contributed by atoms with Gasteiger partial charge in [0.15, 0.2) is 5.58 Å². The van der Waals surface area contributed by atoms with Crippen molar-refractivity contribution in [3.8, 4) is 0 Å². The number of sulfonamides is 1. The third kappa shape index (κ3) is 3.99. The van der Waals surface area contributed by atoms with E-state index in [4.69, 9.17) is 20.8 Å². The van der Waals surface area contributed by atoms with Crippen LogP contribution in [0.15, 0.2) is 56.6 Å². The molecule has 0 aliphatic carbocycles. The Bertz CT molecular complexity index is 1150. The van der Waals surface area contributed by atoms with Crippen molar-refractivity contribution in [2.24, 2.45) is 0 Å². The van der Waals surface area contributed by atoms with Gasteiger partial charge in [0.05, 0.1) is 10.8 Å². The van der Waals surface area contributed by atoms with Crippen molar-refractivity contribution in [1.82, 2.24) is 4.57 Å². The number of alkyl halides is 1. The average molecular weight is 411 g/mol. The summed E-state index contributed by atoms with van der Waals surface area (Å²) in [7, 11) is -3.91. The van der Waals surface area contributed by atoms with E-state index in [1.165, 1.54) is 18.2 Å². The molecule has 0 fully saturated rings. The van der Waals surface area contributed by atoms with E-state index in [-0.39, 0.29) is 28.5 Å². The second kappa shape index (κ2) is 7.45. The lowest BCUT2D eigenvalue weighted by molar-refractivity contribution is 0.153. The number of hydrogen-bond donors (Lipinski definition) is 1. The molecule has 0 saturated carbocycles. The highest BCUT2D eigenvalue weighted by Gasteiger charge is 2.21. The van der Waals surface area contributed by atoms with Gasteiger partial charge in [-0.05, 0) is 31.2 Å². The molecule has 0 unspecified atom stereocenters. The molecule has 0 atom stereocenters. The third-order valence-electron chi connectivity index (χ3n) is 3.65. The minimum Gasteiger partial charge on any atom is -0.448 e. The lowest BCUT2D eigenvalue weighted by Crippen LogP contribution is -2.24. The summed E-state index contributed by atoms with van der Waals surface area (Å²) in [6.07, 6.45) is -0.951. The number of rotatable bonds is 5.